The standard InChI is InChI=1S/C21H18N4O3/c1-13-8-9-18-23-19-15(21(28)25(18)12-13)10-16(24(19)2)20(27)22-11-17(26)14-6-4-3-5-7-14/h3-10,12H,11H2,1-2H3,(H,22,27). The lowest BCUT2D eigenvalue weighted by molar-refractivity contribution is 0.0899. The molecule has 0 atom stereocenters. The van der Waals surface area contributed by atoms with Crippen molar-refractivity contribution in [1.29, 1.82) is 0 Å². The van der Waals surface area contributed by atoms with E-state index in [0.29, 0.717) is 22.2 Å². The molecule has 0 unspecified atom stereocenters. The molecule has 0 spiro atoms. The van der Waals surface area contributed by atoms with Crippen LogP contribution in [0, 0.1) is 6.92 Å². The van der Waals surface area contributed by atoms with Gasteiger partial charge < -0.3 is 9.88 Å². The number of nitrogens with one attached hydrogen (secondary N) is 1. The highest BCUT2D eigenvalue weighted by atomic mass is 16.2. The van der Waals surface area contributed by atoms with E-state index in [1.54, 1.807) is 48.1 Å². The van der Waals surface area contributed by atoms with Crippen molar-refractivity contribution in [3.05, 3.63) is 81.9 Å². The van der Waals surface area contributed by atoms with Gasteiger partial charge in [-0.3, -0.25) is 18.8 Å². The Balaban J connectivity index is 1.67. The molecule has 4 rings (SSSR count). The molecular formula is C21H18N4O3. The number of rotatable bonds is 4. The lowest BCUT2D eigenvalue weighted by atomic mass is 10.1. The number of nitrogens with zero attached hydrogens (tertiary/aromatic N) is 3. The molecule has 0 saturated heterocycles. The fraction of sp³-hybridized carbons (Fsp3) is 0.143. The average Bonchev–Trinajstić information content (AvgIpc) is 3.04. The molecule has 0 aliphatic rings. The maximum atomic E-state index is 12.8. The van der Waals surface area contributed by atoms with E-state index in [1.807, 2.05) is 19.1 Å². The summed E-state index contributed by atoms with van der Waals surface area (Å²) in [5.74, 6) is -0.624. The Morgan fingerprint density at radius 3 is 2.61 bits per heavy atom. The van der Waals surface area contributed by atoms with Crippen LogP contribution in [0.3, 0.4) is 0 Å². The van der Waals surface area contributed by atoms with Gasteiger partial charge in [-0.1, -0.05) is 36.4 Å². The predicted octanol–water partition coefficient (Wildman–Crippen LogP) is 2.11. The second-order valence-electron chi connectivity index (χ2n) is 6.65. The molecule has 7 heteroatoms. The molecule has 0 aliphatic heterocycles. The molecule has 0 saturated carbocycles. The zero-order valence-electron chi connectivity index (χ0n) is 15.5. The third kappa shape index (κ3) is 2.96. The predicted molar refractivity (Wildman–Crippen MR) is 106 cm³/mol. The second-order valence-corrected chi connectivity index (χ2v) is 6.65. The third-order valence-electron chi connectivity index (χ3n) is 4.68. The number of Topliss-reactive ketones (excluding diaryl/α,β-unsaturated/α-hetero) is 1. The van der Waals surface area contributed by atoms with Crippen LogP contribution < -0.4 is 10.9 Å². The fourth-order valence-electron chi connectivity index (χ4n) is 3.17. The number of pyridine rings is 1. The number of aryl methyl sites for hydroxylation is 2. The Morgan fingerprint density at radius 1 is 1.11 bits per heavy atom. The monoisotopic (exact) mass is 374 g/mol. The van der Waals surface area contributed by atoms with Gasteiger partial charge in [0.1, 0.15) is 17.0 Å². The number of amides is 1. The van der Waals surface area contributed by atoms with Crippen LogP contribution in [0.15, 0.2) is 59.5 Å². The maximum absolute atomic E-state index is 12.8. The van der Waals surface area contributed by atoms with Crippen LogP contribution >= 0.6 is 0 Å². The highest BCUT2D eigenvalue weighted by Crippen LogP contribution is 2.15. The summed E-state index contributed by atoms with van der Waals surface area (Å²) in [7, 11) is 1.67. The Hall–Kier alpha value is -3.74. The SMILES string of the molecule is Cc1ccc2nc3c(cc(C(=O)NCC(=O)c4ccccc4)n3C)c(=O)n2c1. The van der Waals surface area contributed by atoms with Gasteiger partial charge in [-0.15, -0.1) is 0 Å². The number of hydrogen-bond donors (Lipinski definition) is 1. The van der Waals surface area contributed by atoms with Crippen LogP contribution in [0.5, 0.6) is 0 Å². The first-order chi connectivity index (χ1) is 13.5. The normalized spacial score (nSPS) is 11.1. The zero-order chi connectivity index (χ0) is 19.8. The fourth-order valence-corrected chi connectivity index (χ4v) is 3.17. The molecule has 3 heterocycles. The molecule has 0 aliphatic carbocycles. The first-order valence-electron chi connectivity index (χ1n) is 8.80. The van der Waals surface area contributed by atoms with Crippen molar-refractivity contribution in [3.63, 3.8) is 0 Å². The molecule has 4 aromatic rings. The van der Waals surface area contributed by atoms with Crippen molar-refractivity contribution in [2.75, 3.05) is 6.54 Å². The molecule has 28 heavy (non-hydrogen) atoms. The van der Waals surface area contributed by atoms with Crippen LogP contribution in [0.2, 0.25) is 0 Å². The van der Waals surface area contributed by atoms with Crippen molar-refractivity contribution >= 4 is 28.4 Å². The first-order valence-corrected chi connectivity index (χ1v) is 8.80. The molecule has 0 fully saturated rings. The number of benzene rings is 1. The van der Waals surface area contributed by atoms with Crippen LogP contribution in [0.1, 0.15) is 26.4 Å². The summed E-state index contributed by atoms with van der Waals surface area (Å²) in [5.41, 5.74) is 2.43. The molecule has 1 aromatic carbocycles. The van der Waals surface area contributed by atoms with Gasteiger partial charge in [0.15, 0.2) is 5.78 Å². The summed E-state index contributed by atoms with van der Waals surface area (Å²) in [5, 5.41) is 2.98. The van der Waals surface area contributed by atoms with Gasteiger partial charge >= 0.3 is 0 Å². The minimum absolute atomic E-state index is 0.127. The number of ketones is 1. The smallest absolute Gasteiger partial charge is 0.268 e. The average molecular weight is 374 g/mol. The van der Waals surface area contributed by atoms with E-state index in [2.05, 4.69) is 10.3 Å². The summed E-state index contributed by atoms with van der Waals surface area (Å²) >= 11 is 0. The summed E-state index contributed by atoms with van der Waals surface area (Å²) < 4.78 is 3.04. The summed E-state index contributed by atoms with van der Waals surface area (Å²) in [6.45, 7) is 1.77. The van der Waals surface area contributed by atoms with E-state index in [4.69, 9.17) is 0 Å². The Bertz CT molecular complexity index is 1290. The summed E-state index contributed by atoms with van der Waals surface area (Å²) in [6, 6.07) is 13.9. The quantitative estimate of drug-likeness (QED) is 0.555. The summed E-state index contributed by atoms with van der Waals surface area (Å²) in [6.07, 6.45) is 1.72. The van der Waals surface area contributed by atoms with Crippen LogP contribution in [0.25, 0.3) is 16.7 Å². The lowest BCUT2D eigenvalue weighted by Gasteiger charge is -2.06. The number of aromatic nitrogens is 3. The van der Waals surface area contributed by atoms with Gasteiger partial charge in [0.2, 0.25) is 0 Å². The topological polar surface area (TPSA) is 85.5 Å². The van der Waals surface area contributed by atoms with E-state index in [0.717, 1.165) is 5.56 Å². The minimum Gasteiger partial charge on any atom is -0.343 e. The van der Waals surface area contributed by atoms with E-state index in [9.17, 15) is 14.4 Å². The molecule has 1 N–H and O–H groups in total. The Labute approximate surface area is 160 Å². The highest BCUT2D eigenvalue weighted by Gasteiger charge is 2.18. The molecule has 140 valence electrons. The minimum atomic E-state index is -0.436. The van der Waals surface area contributed by atoms with Gasteiger partial charge in [0.25, 0.3) is 11.5 Å². The Kier molecular flexibility index (Phi) is 4.27. The van der Waals surface area contributed by atoms with Crippen molar-refractivity contribution in [2.45, 2.75) is 6.92 Å². The molecule has 0 radical (unpaired) electrons. The number of carbonyl (C=O) groups is 2. The van der Waals surface area contributed by atoms with Gasteiger partial charge in [0, 0.05) is 18.8 Å². The van der Waals surface area contributed by atoms with Gasteiger partial charge in [-0.25, -0.2) is 4.98 Å². The van der Waals surface area contributed by atoms with E-state index in [-0.39, 0.29) is 23.6 Å². The highest BCUT2D eigenvalue weighted by molar-refractivity contribution is 6.03. The largest absolute Gasteiger partial charge is 0.343 e. The Morgan fingerprint density at radius 2 is 1.86 bits per heavy atom. The molecule has 7 nitrogen and oxygen atoms in total. The van der Waals surface area contributed by atoms with E-state index in [1.165, 1.54) is 10.5 Å². The van der Waals surface area contributed by atoms with Crippen LogP contribution in [-0.4, -0.2) is 32.2 Å². The van der Waals surface area contributed by atoms with Crippen LogP contribution in [0.4, 0.5) is 0 Å². The van der Waals surface area contributed by atoms with E-state index >= 15 is 0 Å². The van der Waals surface area contributed by atoms with Gasteiger partial charge in [-0.05, 0) is 24.6 Å². The van der Waals surface area contributed by atoms with Crippen molar-refractivity contribution in [2.24, 2.45) is 7.05 Å². The molecule has 0 bridgehead atoms. The molecule has 3 aromatic heterocycles. The number of hydrogen-bond acceptors (Lipinski definition) is 4. The van der Waals surface area contributed by atoms with Crippen molar-refractivity contribution in [3.8, 4) is 0 Å². The van der Waals surface area contributed by atoms with Crippen LogP contribution in [-0.2, 0) is 7.05 Å². The second kappa shape index (κ2) is 6.77. The van der Waals surface area contributed by atoms with Crippen molar-refractivity contribution in [1.82, 2.24) is 19.3 Å². The zero-order valence-corrected chi connectivity index (χ0v) is 15.5. The molecule has 1 amide bonds. The number of fused-ring (bicyclic) bond motifs is 2. The maximum Gasteiger partial charge on any atom is 0.268 e. The lowest BCUT2D eigenvalue weighted by Crippen LogP contribution is -2.30. The van der Waals surface area contributed by atoms with Gasteiger partial charge in [0.05, 0.1) is 11.9 Å². The first kappa shape index (κ1) is 17.7. The van der Waals surface area contributed by atoms with Crippen molar-refractivity contribution < 1.29 is 9.59 Å². The summed E-state index contributed by atoms with van der Waals surface area (Å²) in [4.78, 5) is 42.1. The molecular weight excluding hydrogens is 356 g/mol. The third-order valence-corrected chi connectivity index (χ3v) is 4.68. The van der Waals surface area contributed by atoms with Gasteiger partial charge in [-0.2, -0.15) is 0 Å². The number of carbonyl (C=O) groups excluding carboxylic acids is 2. The van der Waals surface area contributed by atoms with E-state index < -0.39 is 5.91 Å².